The first-order chi connectivity index (χ1) is 1.41. The summed E-state index contributed by atoms with van der Waals surface area (Å²) >= 11 is -1.91. The van der Waals surface area contributed by atoms with Gasteiger partial charge in [0.25, 0.3) is 0 Å². The van der Waals surface area contributed by atoms with Gasteiger partial charge in [0.2, 0.25) is 24.0 Å². The van der Waals surface area contributed by atoms with Crippen molar-refractivity contribution in [3.05, 3.63) is 0 Å². The molecular weight excluding hydrogens is 286 g/mol. The van der Waals surface area contributed by atoms with E-state index < -0.39 is 22.0 Å². The van der Waals surface area contributed by atoms with Gasteiger partial charge in [-0.3, -0.25) is 0 Å². The lowest BCUT2D eigenvalue weighted by molar-refractivity contribution is -1.41. The van der Waals surface area contributed by atoms with Crippen molar-refractivity contribution >= 4 is 0 Å². The van der Waals surface area contributed by atoms with Crippen LogP contribution >= 0.6 is 0 Å². The van der Waals surface area contributed by atoms with E-state index in [1.807, 2.05) is 0 Å². The normalized spacial score (nSPS) is 4.50. The minimum Gasteiger partial charge on any atom is -0.599 e. The van der Waals surface area contributed by atoms with Crippen molar-refractivity contribution in [3.8, 4) is 0 Å². The molecule has 0 spiro atoms. The van der Waals surface area contributed by atoms with Crippen LogP contribution in [0.5, 0.6) is 0 Å². The summed E-state index contributed by atoms with van der Waals surface area (Å²) in [4.78, 5) is 0. The van der Waals surface area contributed by atoms with Gasteiger partial charge in [0.15, 0.2) is 22.0 Å². The first-order valence-corrected chi connectivity index (χ1v) is 2.07. The lowest BCUT2D eigenvalue weighted by Gasteiger charge is -1.67. The first kappa shape index (κ1) is 9.03. The molecule has 0 unspecified atom stereocenters. The summed E-state index contributed by atoms with van der Waals surface area (Å²) in [6, 6.07) is 0. The van der Waals surface area contributed by atoms with Crippen molar-refractivity contribution in [2.24, 2.45) is 0 Å². The lowest BCUT2D eigenvalue weighted by Crippen LogP contribution is -3.77. The zero-order valence-corrected chi connectivity index (χ0v) is 6.35. The second kappa shape index (κ2) is 8.83. The van der Waals surface area contributed by atoms with Crippen molar-refractivity contribution in [1.82, 2.24) is 0 Å². The molecule has 4 heavy (non-hydrogen) atoms. The third kappa shape index (κ3) is 10.1. The Morgan fingerprint density at radius 3 is 1.25 bits per heavy atom. The smallest absolute Gasteiger partial charge is 0.235 e. The molecule has 4 heteroatoms. The van der Waals surface area contributed by atoms with Crippen LogP contribution in [0.3, 0.4) is 0 Å². The fourth-order valence-electron chi connectivity index (χ4n) is 0. The molecule has 0 rings (SSSR count). The summed E-state index contributed by atoms with van der Waals surface area (Å²) in [5.41, 5.74) is 0. The maximum absolute atomic E-state index is 8.48. The van der Waals surface area contributed by atoms with Gasteiger partial charge in [-0.2, -0.15) is 0 Å². The van der Waals surface area contributed by atoms with E-state index in [0.717, 1.165) is 0 Å². The van der Waals surface area contributed by atoms with Gasteiger partial charge in [0.05, 0.1) is 0 Å². The van der Waals surface area contributed by atoms with Gasteiger partial charge in [0.1, 0.15) is 0 Å². The third-order valence-corrected chi connectivity index (χ3v) is 0. The lowest BCUT2D eigenvalue weighted by atomic mass is 16.0. The van der Waals surface area contributed by atoms with Crippen molar-refractivity contribution in [2.45, 2.75) is 0 Å². The van der Waals surface area contributed by atoms with Crippen LogP contribution in [-0.2, 0) is 0 Å². The van der Waals surface area contributed by atoms with Crippen LogP contribution in [0.2, 0.25) is 0 Å². The fourth-order valence-corrected chi connectivity index (χ4v) is 0. The van der Waals surface area contributed by atoms with E-state index in [1.165, 1.54) is 0 Å². The Labute approximate surface area is 52.6 Å². The predicted octanol–water partition coefficient (Wildman–Crippen LogP) is -8.91. The Bertz CT molecular complexity index is 4.00. The SMILES string of the molecule is [IH2+].[O-][I+][O-]. The number of hydrogen-bond donors (Lipinski definition) is 0. The quantitative estimate of drug-likeness (QED) is 0.416. The molecule has 2 nitrogen and oxygen atoms in total. The van der Waals surface area contributed by atoms with E-state index in [0.29, 0.717) is 0 Å². The summed E-state index contributed by atoms with van der Waals surface area (Å²) in [6.07, 6.45) is 0. The minimum atomic E-state index is -1.91. The molecule has 0 N–H and O–H groups in total. The zero-order chi connectivity index (χ0) is 2.71. The molecule has 0 aromatic carbocycles. The van der Waals surface area contributed by atoms with E-state index >= 15 is 0 Å². The molecule has 28 valence electrons. The molecule has 0 aromatic heterocycles. The number of rotatable bonds is 0. The molecule has 0 heterocycles. The van der Waals surface area contributed by atoms with Crippen LogP contribution in [0.1, 0.15) is 0 Å². The molecule has 0 atom stereocenters. The van der Waals surface area contributed by atoms with Gasteiger partial charge in [-0.25, -0.2) is 0 Å². The van der Waals surface area contributed by atoms with Gasteiger partial charge < -0.3 is 6.87 Å². The van der Waals surface area contributed by atoms with E-state index in [4.69, 9.17) is 6.87 Å². The fraction of sp³-hybridized carbons (Fsp3) is 0. The number of halogens is 2. The molecular formula is H2I2O2. The molecule has 0 aliphatic carbocycles. The molecule has 0 saturated heterocycles. The van der Waals surface area contributed by atoms with Gasteiger partial charge >= 0.3 is 0 Å². The highest BCUT2D eigenvalue weighted by Crippen LogP contribution is -0.414. The molecule has 0 radical (unpaired) electrons. The Morgan fingerprint density at radius 1 is 1.25 bits per heavy atom. The predicted molar refractivity (Wildman–Crippen MR) is 2.79 cm³/mol. The van der Waals surface area contributed by atoms with Crippen LogP contribution in [0.4, 0.5) is 0 Å². The van der Waals surface area contributed by atoms with Crippen molar-refractivity contribution in [2.75, 3.05) is 0 Å². The topological polar surface area (TPSA) is 46.1 Å². The minimum absolute atomic E-state index is 0. The maximum atomic E-state index is 8.48. The van der Waals surface area contributed by atoms with Crippen molar-refractivity contribution < 1.29 is 52.9 Å². The highest BCUT2D eigenvalue weighted by Gasteiger charge is 1.27. The summed E-state index contributed by atoms with van der Waals surface area (Å²) in [7, 11) is 0. The van der Waals surface area contributed by atoms with Crippen LogP contribution in [-0.4, -0.2) is 0 Å². The summed E-state index contributed by atoms with van der Waals surface area (Å²) in [5, 5.41) is 0. The van der Waals surface area contributed by atoms with Gasteiger partial charge in [0, 0.05) is 0 Å². The Morgan fingerprint density at radius 2 is 1.25 bits per heavy atom. The largest absolute Gasteiger partial charge is 0.599 e. The van der Waals surface area contributed by atoms with E-state index in [9.17, 15) is 0 Å². The summed E-state index contributed by atoms with van der Waals surface area (Å²) in [5.74, 6) is 0. The van der Waals surface area contributed by atoms with E-state index in [1.54, 1.807) is 0 Å². The highest BCUT2D eigenvalue weighted by molar-refractivity contribution is 1.41. The van der Waals surface area contributed by atoms with E-state index in [2.05, 4.69) is 0 Å². The Balaban J connectivity index is 0. The summed E-state index contributed by atoms with van der Waals surface area (Å²) in [6.45, 7) is 0. The molecule has 0 bridgehead atoms. The van der Waals surface area contributed by atoms with Crippen LogP contribution in [0, 0.1) is 0 Å². The van der Waals surface area contributed by atoms with Gasteiger partial charge in [-0.05, 0) is 0 Å². The standard InChI is InChI=1S/IO2.H2I/c2-1-3;/h;1H2/q-1;+1. The molecule has 0 amide bonds. The number of hydrogen-bond acceptors (Lipinski definition) is 2. The second-order valence-corrected chi connectivity index (χ2v) is 0.423. The zero-order valence-electron chi connectivity index (χ0n) is 1.64. The average molecular weight is 288 g/mol. The van der Waals surface area contributed by atoms with E-state index in [-0.39, 0.29) is 24.0 Å². The monoisotopic (exact) mass is 288 g/mol. The van der Waals surface area contributed by atoms with Crippen LogP contribution < -0.4 is 52.9 Å². The Hall–Kier alpha value is 1.38. The van der Waals surface area contributed by atoms with Gasteiger partial charge in [-0.1, -0.05) is 0 Å². The third-order valence-electron chi connectivity index (χ3n) is 0. The van der Waals surface area contributed by atoms with Crippen LogP contribution in [0.25, 0.3) is 0 Å². The van der Waals surface area contributed by atoms with Crippen molar-refractivity contribution in [1.29, 1.82) is 0 Å². The first-order valence-electron chi connectivity index (χ1n) is 0.309. The molecule has 0 aromatic rings. The second-order valence-electron chi connectivity index (χ2n) is 0.0630. The maximum Gasteiger partial charge on any atom is 0.235 e. The molecule has 0 fully saturated rings. The molecule has 0 aliphatic heterocycles. The van der Waals surface area contributed by atoms with Crippen molar-refractivity contribution in [3.63, 3.8) is 0 Å². The Kier molecular flexibility index (Phi) is 20.0. The van der Waals surface area contributed by atoms with Gasteiger partial charge in [-0.15, -0.1) is 0 Å². The molecule has 0 saturated carbocycles. The highest BCUT2D eigenvalue weighted by atomic mass is 127. The molecule has 0 aliphatic rings. The summed E-state index contributed by atoms with van der Waals surface area (Å²) < 4.78 is 17.0. The van der Waals surface area contributed by atoms with Crippen LogP contribution in [0.15, 0.2) is 0 Å². The average Bonchev–Trinajstić information content (AvgIpc) is 0.918.